The predicted octanol–water partition coefficient (Wildman–Crippen LogP) is 11.1. The van der Waals surface area contributed by atoms with Gasteiger partial charge in [-0.25, -0.2) is 0 Å². The Morgan fingerprint density at radius 2 is 1.08 bits per heavy atom. The third-order valence-electron chi connectivity index (χ3n) is 7.24. The van der Waals surface area contributed by atoms with Gasteiger partial charge in [-0.2, -0.15) is 0 Å². The second-order valence-electron chi connectivity index (χ2n) is 8.37. The maximum atomic E-state index is 7.00. The molecular formula is C35H62O2. The van der Waals surface area contributed by atoms with E-state index >= 15 is 0 Å². The summed E-state index contributed by atoms with van der Waals surface area (Å²) in [6.07, 6.45) is 11.9. The highest BCUT2D eigenvalue weighted by Gasteiger charge is 2.58. The van der Waals surface area contributed by atoms with E-state index in [0.717, 1.165) is 19.3 Å². The van der Waals surface area contributed by atoms with Gasteiger partial charge in [-0.05, 0) is 43.7 Å². The Morgan fingerprint density at radius 3 is 1.65 bits per heavy atom. The fourth-order valence-electron chi connectivity index (χ4n) is 6.26. The lowest BCUT2D eigenvalue weighted by Gasteiger charge is -2.58. The van der Waals surface area contributed by atoms with Gasteiger partial charge < -0.3 is 9.84 Å². The van der Waals surface area contributed by atoms with Gasteiger partial charge in [-0.15, -0.1) is 0 Å². The van der Waals surface area contributed by atoms with Crippen molar-refractivity contribution in [3.05, 3.63) is 65.7 Å². The molecule has 2 heteroatoms. The van der Waals surface area contributed by atoms with Gasteiger partial charge in [-0.3, -0.25) is 0 Å². The molecule has 214 valence electrons. The third-order valence-corrected chi connectivity index (χ3v) is 7.24. The summed E-state index contributed by atoms with van der Waals surface area (Å²) in [5, 5.41) is 7.00. The summed E-state index contributed by atoms with van der Waals surface area (Å²) in [4.78, 5) is 0. The Kier molecular flexibility index (Phi) is 22.4. The van der Waals surface area contributed by atoms with E-state index in [1.54, 1.807) is 0 Å². The van der Waals surface area contributed by atoms with Crippen molar-refractivity contribution < 1.29 is 9.84 Å². The van der Waals surface area contributed by atoms with E-state index < -0.39 is 0 Å². The van der Waals surface area contributed by atoms with Crippen molar-refractivity contribution in [3.8, 4) is 5.75 Å². The molecule has 2 aromatic carbocycles. The molecule has 0 aromatic heterocycles. The van der Waals surface area contributed by atoms with Crippen LogP contribution in [-0.2, 0) is 11.0 Å². The molecule has 1 heterocycles. The molecule has 0 bridgehead atoms. The number of fused-ring (bicyclic) bond motifs is 4. The van der Waals surface area contributed by atoms with Crippen LogP contribution in [0, 0.1) is 5.92 Å². The largest absolute Gasteiger partial charge is 0.482 e. The van der Waals surface area contributed by atoms with Gasteiger partial charge in [0.2, 0.25) is 0 Å². The maximum Gasteiger partial charge on any atom is 0.138 e. The number of aliphatic hydroxyl groups excluding tert-OH is 1. The molecule has 1 N–H and O–H groups in total. The van der Waals surface area contributed by atoms with E-state index in [4.69, 9.17) is 9.84 Å². The van der Waals surface area contributed by atoms with Crippen LogP contribution in [0.25, 0.3) is 0 Å². The van der Waals surface area contributed by atoms with Crippen molar-refractivity contribution in [3.63, 3.8) is 0 Å². The standard InChI is InChI=1S/C24H28O.5C2H6.CH4O/c1-3-11-19(12-4-1)24-18-10-7-15-22(24)23(16-8-2-9-17-23)20-13-5-6-14-21(20)25-24;6*1-2/h1,3-6,11-14,22H,2,7-10,15-18H2;5*1-2H3;2H,1H3. The van der Waals surface area contributed by atoms with Crippen LogP contribution < -0.4 is 4.74 Å². The first-order valence-electron chi connectivity index (χ1n) is 15.6. The minimum absolute atomic E-state index is 0.120. The minimum atomic E-state index is -0.120. The third kappa shape index (κ3) is 8.60. The quantitative estimate of drug-likeness (QED) is 0.410. The zero-order valence-corrected chi connectivity index (χ0v) is 26.5. The zero-order chi connectivity index (χ0) is 28.7. The Labute approximate surface area is 232 Å². The molecule has 5 rings (SSSR count). The van der Waals surface area contributed by atoms with Gasteiger partial charge in [0.15, 0.2) is 0 Å². The topological polar surface area (TPSA) is 29.5 Å². The lowest BCUT2D eigenvalue weighted by molar-refractivity contribution is -0.0949. The lowest BCUT2D eigenvalue weighted by Crippen LogP contribution is -2.57. The van der Waals surface area contributed by atoms with Crippen LogP contribution in [0.15, 0.2) is 54.6 Å². The summed E-state index contributed by atoms with van der Waals surface area (Å²) < 4.78 is 6.94. The number of para-hydroxylation sites is 1. The molecule has 3 aliphatic rings. The van der Waals surface area contributed by atoms with Gasteiger partial charge >= 0.3 is 0 Å². The van der Waals surface area contributed by atoms with Gasteiger partial charge in [0.05, 0.1) is 0 Å². The molecular weight excluding hydrogens is 452 g/mol. The first-order valence-corrected chi connectivity index (χ1v) is 15.6. The monoisotopic (exact) mass is 514 g/mol. The van der Waals surface area contributed by atoms with Crippen molar-refractivity contribution in [2.45, 2.75) is 138 Å². The summed E-state index contributed by atoms with van der Waals surface area (Å²) in [5.74, 6) is 1.78. The van der Waals surface area contributed by atoms with Crippen molar-refractivity contribution in [1.82, 2.24) is 0 Å². The zero-order valence-electron chi connectivity index (χ0n) is 26.5. The van der Waals surface area contributed by atoms with Crippen molar-refractivity contribution >= 4 is 0 Å². The molecule has 1 spiro atoms. The molecule has 1 aliphatic heterocycles. The summed E-state index contributed by atoms with van der Waals surface area (Å²) in [6.45, 7) is 20.0. The second kappa shape index (κ2) is 22.2. The highest BCUT2D eigenvalue weighted by atomic mass is 16.5. The number of hydrogen-bond acceptors (Lipinski definition) is 2. The first kappa shape index (κ1) is 37.4. The van der Waals surface area contributed by atoms with Crippen LogP contribution in [0.3, 0.4) is 0 Å². The summed E-state index contributed by atoms with van der Waals surface area (Å²) in [7, 11) is 1.00. The fraction of sp³-hybridized carbons (Fsp3) is 0.657. The molecule has 2 aliphatic carbocycles. The fourth-order valence-corrected chi connectivity index (χ4v) is 6.26. The molecule has 2 saturated carbocycles. The number of aliphatic hydroxyl groups is 1. The summed E-state index contributed by atoms with van der Waals surface area (Å²) in [6, 6.07) is 20.1. The van der Waals surface area contributed by atoms with Crippen molar-refractivity contribution in [2.75, 3.05) is 7.11 Å². The van der Waals surface area contributed by atoms with Crippen LogP contribution in [0.4, 0.5) is 0 Å². The number of rotatable bonds is 1. The van der Waals surface area contributed by atoms with Crippen LogP contribution in [0.2, 0.25) is 0 Å². The molecule has 37 heavy (non-hydrogen) atoms. The molecule has 0 radical (unpaired) electrons. The molecule has 2 aromatic rings. The van der Waals surface area contributed by atoms with E-state index in [0.29, 0.717) is 11.3 Å². The van der Waals surface area contributed by atoms with E-state index in [2.05, 4.69) is 54.6 Å². The van der Waals surface area contributed by atoms with E-state index in [1.807, 2.05) is 69.2 Å². The number of benzene rings is 2. The Hall–Kier alpha value is -1.80. The number of ether oxygens (including phenoxy) is 1. The van der Waals surface area contributed by atoms with Crippen molar-refractivity contribution in [1.29, 1.82) is 0 Å². The minimum Gasteiger partial charge on any atom is -0.482 e. The normalized spacial score (nSPS) is 21.4. The predicted molar refractivity (Wildman–Crippen MR) is 167 cm³/mol. The first-order chi connectivity index (χ1) is 18.4. The SMILES string of the molecule is CC.CC.CC.CC.CC.CO.c1ccc(C23CCCCC2C2(CCCCC2)c2ccccc2O3)cc1. The molecule has 2 nitrogen and oxygen atoms in total. The Morgan fingerprint density at radius 1 is 0.595 bits per heavy atom. The van der Waals surface area contributed by atoms with E-state index in [9.17, 15) is 0 Å². The van der Waals surface area contributed by atoms with Crippen LogP contribution >= 0.6 is 0 Å². The summed E-state index contributed by atoms with van der Waals surface area (Å²) in [5.41, 5.74) is 3.11. The average molecular weight is 515 g/mol. The van der Waals surface area contributed by atoms with E-state index in [-0.39, 0.29) is 5.60 Å². The molecule has 0 amide bonds. The Balaban J connectivity index is 0. The smallest absolute Gasteiger partial charge is 0.138 e. The Bertz CT molecular complexity index is 749. The molecule has 2 unspecified atom stereocenters. The average Bonchev–Trinajstić information content (AvgIpc) is 3.04. The molecule has 2 fully saturated rings. The van der Waals surface area contributed by atoms with Gasteiger partial charge in [0.1, 0.15) is 11.4 Å². The van der Waals surface area contributed by atoms with Crippen LogP contribution in [-0.4, -0.2) is 12.2 Å². The van der Waals surface area contributed by atoms with Gasteiger partial charge in [0, 0.05) is 24.0 Å². The van der Waals surface area contributed by atoms with Gasteiger partial charge in [0.25, 0.3) is 0 Å². The summed E-state index contributed by atoms with van der Waals surface area (Å²) >= 11 is 0. The van der Waals surface area contributed by atoms with E-state index in [1.165, 1.54) is 62.5 Å². The van der Waals surface area contributed by atoms with Crippen LogP contribution in [0.1, 0.15) is 138 Å². The highest BCUT2D eigenvalue weighted by Crippen LogP contribution is 2.62. The lowest BCUT2D eigenvalue weighted by atomic mass is 9.51. The molecule has 2 atom stereocenters. The maximum absolute atomic E-state index is 7.00. The van der Waals surface area contributed by atoms with Crippen LogP contribution in [0.5, 0.6) is 5.75 Å². The number of hydrogen-bond donors (Lipinski definition) is 1. The second-order valence-corrected chi connectivity index (χ2v) is 8.37. The van der Waals surface area contributed by atoms with Crippen molar-refractivity contribution in [2.24, 2.45) is 5.92 Å². The van der Waals surface area contributed by atoms with Gasteiger partial charge in [-0.1, -0.05) is 143 Å². The molecule has 0 saturated heterocycles. The highest BCUT2D eigenvalue weighted by molar-refractivity contribution is 5.46.